The first-order chi connectivity index (χ1) is 8.09. The minimum absolute atomic E-state index is 0.109. The number of nitrogens with one attached hydrogen (secondary N) is 1. The third-order valence-electron chi connectivity index (χ3n) is 4.27. The standard InChI is InChI=1S/C15H23NO/c1-10(2)12-7-6-11(3)9-14(12)13-5-4-8-16-15(13)17/h4-5,8,10-12,14H,6-7,9H2,1-3H3,(H,16,17). The molecule has 1 fully saturated rings. The van der Waals surface area contributed by atoms with Crippen LogP contribution in [0.3, 0.4) is 0 Å². The third-order valence-corrected chi connectivity index (χ3v) is 4.27. The molecule has 2 nitrogen and oxygen atoms in total. The van der Waals surface area contributed by atoms with Crippen molar-refractivity contribution < 1.29 is 0 Å². The summed E-state index contributed by atoms with van der Waals surface area (Å²) < 4.78 is 0. The first-order valence-corrected chi connectivity index (χ1v) is 6.77. The van der Waals surface area contributed by atoms with Crippen LogP contribution in [0.4, 0.5) is 0 Å². The molecule has 1 aromatic heterocycles. The van der Waals surface area contributed by atoms with Crippen molar-refractivity contribution in [2.75, 3.05) is 0 Å². The monoisotopic (exact) mass is 233 g/mol. The Morgan fingerprint density at radius 2 is 2.12 bits per heavy atom. The number of pyridine rings is 1. The Bertz CT molecular complexity index is 421. The number of rotatable bonds is 2. The van der Waals surface area contributed by atoms with Crippen molar-refractivity contribution in [2.24, 2.45) is 17.8 Å². The predicted molar refractivity (Wildman–Crippen MR) is 71.1 cm³/mol. The fourth-order valence-corrected chi connectivity index (χ4v) is 3.29. The Morgan fingerprint density at radius 1 is 1.35 bits per heavy atom. The third kappa shape index (κ3) is 2.62. The van der Waals surface area contributed by atoms with E-state index in [1.807, 2.05) is 12.1 Å². The maximum Gasteiger partial charge on any atom is 0.251 e. The van der Waals surface area contributed by atoms with Gasteiger partial charge >= 0.3 is 0 Å². The van der Waals surface area contributed by atoms with Gasteiger partial charge in [0.1, 0.15) is 0 Å². The van der Waals surface area contributed by atoms with E-state index in [1.54, 1.807) is 6.20 Å². The molecule has 1 heterocycles. The molecule has 2 rings (SSSR count). The van der Waals surface area contributed by atoms with Crippen LogP contribution >= 0.6 is 0 Å². The molecule has 0 spiro atoms. The van der Waals surface area contributed by atoms with Crippen molar-refractivity contribution in [2.45, 2.75) is 46.0 Å². The molecule has 1 aliphatic carbocycles. The molecule has 94 valence electrons. The lowest BCUT2D eigenvalue weighted by atomic mass is 9.68. The minimum Gasteiger partial charge on any atom is -0.329 e. The quantitative estimate of drug-likeness (QED) is 0.832. The Morgan fingerprint density at radius 3 is 2.76 bits per heavy atom. The molecule has 0 amide bonds. The van der Waals surface area contributed by atoms with Crippen molar-refractivity contribution >= 4 is 0 Å². The fourth-order valence-electron chi connectivity index (χ4n) is 3.29. The largest absolute Gasteiger partial charge is 0.329 e. The smallest absolute Gasteiger partial charge is 0.251 e. The van der Waals surface area contributed by atoms with Crippen LogP contribution in [0.1, 0.15) is 51.5 Å². The van der Waals surface area contributed by atoms with E-state index in [0.717, 1.165) is 17.9 Å². The fraction of sp³-hybridized carbons (Fsp3) is 0.667. The van der Waals surface area contributed by atoms with Crippen LogP contribution in [0.2, 0.25) is 0 Å². The molecule has 0 aromatic carbocycles. The molecule has 1 aromatic rings. The normalized spacial score (nSPS) is 29.5. The van der Waals surface area contributed by atoms with E-state index in [1.165, 1.54) is 12.8 Å². The highest BCUT2D eigenvalue weighted by atomic mass is 16.1. The van der Waals surface area contributed by atoms with E-state index in [-0.39, 0.29) is 5.56 Å². The molecule has 17 heavy (non-hydrogen) atoms. The summed E-state index contributed by atoms with van der Waals surface area (Å²) in [6.07, 6.45) is 5.46. The van der Waals surface area contributed by atoms with Crippen molar-refractivity contribution in [3.05, 3.63) is 34.2 Å². The molecule has 0 aliphatic heterocycles. The second-order valence-electron chi connectivity index (χ2n) is 5.89. The maximum absolute atomic E-state index is 11.9. The van der Waals surface area contributed by atoms with E-state index in [4.69, 9.17) is 0 Å². The van der Waals surface area contributed by atoms with Crippen LogP contribution in [0.5, 0.6) is 0 Å². The van der Waals surface area contributed by atoms with Gasteiger partial charge < -0.3 is 4.98 Å². The van der Waals surface area contributed by atoms with Gasteiger partial charge in [-0.15, -0.1) is 0 Å². The second kappa shape index (κ2) is 5.07. The predicted octanol–water partition coefficient (Wildman–Crippen LogP) is 3.55. The summed E-state index contributed by atoms with van der Waals surface area (Å²) in [5, 5.41) is 0. The average molecular weight is 233 g/mol. The summed E-state index contributed by atoms with van der Waals surface area (Å²) in [6, 6.07) is 3.96. The van der Waals surface area contributed by atoms with Gasteiger partial charge in [0.2, 0.25) is 0 Å². The molecule has 3 unspecified atom stereocenters. The highest BCUT2D eigenvalue weighted by molar-refractivity contribution is 5.17. The second-order valence-corrected chi connectivity index (χ2v) is 5.89. The van der Waals surface area contributed by atoms with Crippen molar-refractivity contribution in [1.82, 2.24) is 4.98 Å². The van der Waals surface area contributed by atoms with Gasteiger partial charge in [-0.1, -0.05) is 33.3 Å². The number of aromatic amines is 1. The SMILES string of the molecule is CC1CCC(C(C)C)C(c2ccc[nH]c2=O)C1. The highest BCUT2D eigenvalue weighted by Crippen LogP contribution is 2.42. The van der Waals surface area contributed by atoms with Gasteiger partial charge in [-0.2, -0.15) is 0 Å². The Hall–Kier alpha value is -1.05. The topological polar surface area (TPSA) is 32.9 Å². The number of H-pyrrole nitrogens is 1. The minimum atomic E-state index is 0.109. The van der Waals surface area contributed by atoms with E-state index in [2.05, 4.69) is 25.8 Å². The van der Waals surface area contributed by atoms with Gasteiger partial charge in [0, 0.05) is 11.8 Å². The number of hydrogen-bond donors (Lipinski definition) is 1. The first kappa shape index (κ1) is 12.4. The van der Waals surface area contributed by atoms with Crippen molar-refractivity contribution in [3.8, 4) is 0 Å². The van der Waals surface area contributed by atoms with Gasteiger partial charge in [-0.3, -0.25) is 4.79 Å². The van der Waals surface area contributed by atoms with Gasteiger partial charge in [-0.05, 0) is 42.6 Å². The molecular formula is C15H23NO. The molecule has 0 bridgehead atoms. The zero-order valence-corrected chi connectivity index (χ0v) is 11.1. The number of hydrogen-bond acceptors (Lipinski definition) is 1. The summed E-state index contributed by atoms with van der Waals surface area (Å²) in [5.74, 6) is 2.51. The Kier molecular flexibility index (Phi) is 3.70. The van der Waals surface area contributed by atoms with E-state index in [9.17, 15) is 4.79 Å². The molecule has 3 atom stereocenters. The average Bonchev–Trinajstić information content (AvgIpc) is 2.29. The molecule has 2 heteroatoms. The molecular weight excluding hydrogens is 210 g/mol. The molecule has 1 saturated carbocycles. The van der Waals surface area contributed by atoms with Gasteiger partial charge in [0.15, 0.2) is 0 Å². The van der Waals surface area contributed by atoms with E-state index in [0.29, 0.717) is 17.8 Å². The van der Waals surface area contributed by atoms with Crippen LogP contribution in [0.25, 0.3) is 0 Å². The van der Waals surface area contributed by atoms with Crippen LogP contribution in [0.15, 0.2) is 23.1 Å². The molecule has 0 radical (unpaired) electrons. The van der Waals surface area contributed by atoms with Crippen LogP contribution in [-0.2, 0) is 0 Å². The van der Waals surface area contributed by atoms with Gasteiger partial charge in [-0.25, -0.2) is 0 Å². The lowest BCUT2D eigenvalue weighted by Gasteiger charge is -2.37. The number of aromatic nitrogens is 1. The summed E-state index contributed by atoms with van der Waals surface area (Å²) >= 11 is 0. The van der Waals surface area contributed by atoms with Gasteiger partial charge in [0.05, 0.1) is 0 Å². The summed E-state index contributed by atoms with van der Waals surface area (Å²) in [5.41, 5.74) is 1.11. The highest BCUT2D eigenvalue weighted by Gasteiger charge is 2.32. The van der Waals surface area contributed by atoms with E-state index >= 15 is 0 Å². The molecule has 1 N–H and O–H groups in total. The molecule has 0 saturated heterocycles. The zero-order valence-electron chi connectivity index (χ0n) is 11.1. The Labute approximate surface area is 103 Å². The van der Waals surface area contributed by atoms with Gasteiger partial charge in [0.25, 0.3) is 5.56 Å². The van der Waals surface area contributed by atoms with Crippen LogP contribution < -0.4 is 5.56 Å². The lowest BCUT2D eigenvalue weighted by Crippen LogP contribution is -2.30. The van der Waals surface area contributed by atoms with Crippen molar-refractivity contribution in [1.29, 1.82) is 0 Å². The lowest BCUT2D eigenvalue weighted by molar-refractivity contribution is 0.196. The summed E-state index contributed by atoms with van der Waals surface area (Å²) in [4.78, 5) is 14.8. The zero-order chi connectivity index (χ0) is 12.4. The molecule has 1 aliphatic rings. The first-order valence-electron chi connectivity index (χ1n) is 6.77. The maximum atomic E-state index is 11.9. The van der Waals surface area contributed by atoms with Crippen molar-refractivity contribution in [3.63, 3.8) is 0 Å². The summed E-state index contributed by atoms with van der Waals surface area (Å²) in [6.45, 7) is 6.87. The van der Waals surface area contributed by atoms with Crippen LogP contribution in [-0.4, -0.2) is 4.98 Å². The Balaban J connectivity index is 2.32. The van der Waals surface area contributed by atoms with Crippen LogP contribution in [0, 0.1) is 17.8 Å². The summed E-state index contributed by atoms with van der Waals surface area (Å²) in [7, 11) is 0. The van der Waals surface area contributed by atoms with E-state index < -0.39 is 0 Å².